The highest BCUT2D eigenvalue weighted by molar-refractivity contribution is 5.91. The van der Waals surface area contributed by atoms with Crippen LogP contribution in [0.1, 0.15) is 38.5 Å². The number of nitrogens with one attached hydrogen (secondary N) is 2. The molecule has 0 aromatic rings. The lowest BCUT2D eigenvalue weighted by atomic mass is 9.95. The number of piperidine rings is 1. The van der Waals surface area contributed by atoms with Crippen molar-refractivity contribution >= 4 is 35.6 Å². The Bertz CT molecular complexity index is 802. The molecule has 15 heteroatoms. The lowest BCUT2D eigenvalue weighted by molar-refractivity contribution is -0.141. The summed E-state index contributed by atoms with van der Waals surface area (Å²) in [6.45, 7) is -0.00582. The summed E-state index contributed by atoms with van der Waals surface area (Å²) in [6.07, 6.45) is 0.986. The number of carbonyl (C=O) groups is 5. The number of rotatable bonds is 14. The lowest BCUT2D eigenvalue weighted by Crippen LogP contribution is -2.56. The quantitative estimate of drug-likeness (QED) is 0.0648. The molecule has 1 saturated heterocycles. The van der Waals surface area contributed by atoms with E-state index in [2.05, 4.69) is 15.6 Å². The first-order valence-electron chi connectivity index (χ1n) is 11.3. The number of carbonyl (C=O) groups excluding carboxylic acids is 4. The number of aliphatic hydroxyl groups excluding tert-OH is 1. The summed E-state index contributed by atoms with van der Waals surface area (Å²) < 4.78 is 0. The number of hydrogen-bond donors (Lipinski definition) is 8. The number of guanidine groups is 1. The first kappa shape index (κ1) is 29.6. The van der Waals surface area contributed by atoms with E-state index in [0.29, 0.717) is 25.8 Å². The van der Waals surface area contributed by atoms with Crippen LogP contribution in [0.3, 0.4) is 0 Å². The van der Waals surface area contributed by atoms with Crippen LogP contribution in [0.25, 0.3) is 0 Å². The van der Waals surface area contributed by atoms with Crippen LogP contribution in [0.15, 0.2) is 4.99 Å². The maximum absolute atomic E-state index is 13.2. The monoisotopic (exact) mass is 500 g/mol. The third-order valence-electron chi connectivity index (χ3n) is 5.50. The molecule has 0 radical (unpaired) electrons. The molecule has 15 nitrogen and oxygen atoms in total. The van der Waals surface area contributed by atoms with E-state index in [4.69, 9.17) is 33.1 Å². The van der Waals surface area contributed by atoms with Gasteiger partial charge in [-0.2, -0.15) is 0 Å². The van der Waals surface area contributed by atoms with Gasteiger partial charge in [0.2, 0.25) is 23.6 Å². The number of nitrogens with zero attached hydrogens (tertiary/aromatic N) is 2. The lowest BCUT2D eigenvalue weighted by Gasteiger charge is -2.35. The molecule has 198 valence electrons. The Labute approximate surface area is 202 Å². The Hall–Kier alpha value is -3.46. The maximum atomic E-state index is 13.2. The second-order valence-electron chi connectivity index (χ2n) is 8.32. The zero-order chi connectivity index (χ0) is 26.5. The van der Waals surface area contributed by atoms with Gasteiger partial charge in [-0.1, -0.05) is 0 Å². The molecular weight excluding hydrogens is 464 g/mol. The highest BCUT2D eigenvalue weighted by Crippen LogP contribution is 2.19. The smallest absolute Gasteiger partial charge is 0.303 e. The van der Waals surface area contributed by atoms with Crippen molar-refractivity contribution in [2.45, 2.75) is 56.7 Å². The first-order valence-corrected chi connectivity index (χ1v) is 11.3. The van der Waals surface area contributed by atoms with Crippen molar-refractivity contribution in [3.8, 4) is 0 Å². The largest absolute Gasteiger partial charge is 0.481 e. The second-order valence-corrected chi connectivity index (χ2v) is 8.32. The fourth-order valence-corrected chi connectivity index (χ4v) is 3.58. The number of amides is 4. The molecule has 35 heavy (non-hydrogen) atoms. The van der Waals surface area contributed by atoms with E-state index in [0.717, 1.165) is 0 Å². The van der Waals surface area contributed by atoms with E-state index in [1.807, 2.05) is 0 Å². The molecule has 1 aliphatic rings. The third kappa shape index (κ3) is 10.6. The number of nitrogens with two attached hydrogens (primary N) is 4. The molecule has 1 unspecified atom stereocenters. The van der Waals surface area contributed by atoms with Gasteiger partial charge < -0.3 is 48.7 Å². The number of primary amides is 1. The molecule has 1 fully saturated rings. The average Bonchev–Trinajstić information content (AvgIpc) is 2.81. The van der Waals surface area contributed by atoms with Gasteiger partial charge in [0.1, 0.15) is 18.1 Å². The minimum atomic E-state index is -1.21. The van der Waals surface area contributed by atoms with Gasteiger partial charge in [0.15, 0.2) is 5.96 Å². The minimum absolute atomic E-state index is 0.0292. The van der Waals surface area contributed by atoms with Crippen LogP contribution in [0.2, 0.25) is 0 Å². The van der Waals surface area contributed by atoms with Crippen molar-refractivity contribution in [2.75, 3.05) is 26.2 Å². The van der Waals surface area contributed by atoms with Crippen molar-refractivity contribution in [2.24, 2.45) is 33.8 Å². The van der Waals surface area contributed by atoms with Gasteiger partial charge in [-0.25, -0.2) is 0 Å². The van der Waals surface area contributed by atoms with Crippen LogP contribution in [0.4, 0.5) is 0 Å². The van der Waals surface area contributed by atoms with Gasteiger partial charge in [0.25, 0.3) is 0 Å². The van der Waals surface area contributed by atoms with Crippen molar-refractivity contribution in [3.05, 3.63) is 0 Å². The van der Waals surface area contributed by atoms with Gasteiger partial charge in [-0.15, -0.1) is 0 Å². The first-order chi connectivity index (χ1) is 16.5. The van der Waals surface area contributed by atoms with Crippen LogP contribution >= 0.6 is 0 Å². The van der Waals surface area contributed by atoms with E-state index in [9.17, 15) is 24.0 Å². The number of aliphatic imine (C=N–C) groups is 1. The summed E-state index contributed by atoms with van der Waals surface area (Å²) in [5.74, 6) is -4.42. The van der Waals surface area contributed by atoms with E-state index >= 15 is 0 Å². The van der Waals surface area contributed by atoms with Gasteiger partial charge >= 0.3 is 5.97 Å². The summed E-state index contributed by atoms with van der Waals surface area (Å²) in [4.78, 5) is 65.8. The number of likely N-dealkylation sites (tertiary alicyclic amines) is 1. The Balaban J connectivity index is 2.86. The highest BCUT2D eigenvalue weighted by Gasteiger charge is 2.34. The maximum Gasteiger partial charge on any atom is 0.303 e. The van der Waals surface area contributed by atoms with Crippen LogP contribution in [-0.4, -0.2) is 95.0 Å². The minimum Gasteiger partial charge on any atom is -0.481 e. The van der Waals surface area contributed by atoms with E-state index in [1.54, 1.807) is 0 Å². The molecule has 4 amide bonds. The molecular formula is C20H36N8O7. The fourth-order valence-electron chi connectivity index (χ4n) is 3.58. The molecule has 0 spiro atoms. The molecule has 0 aromatic heterocycles. The van der Waals surface area contributed by atoms with Gasteiger partial charge in [-0.05, 0) is 32.1 Å². The Kier molecular flexibility index (Phi) is 12.4. The molecule has 0 saturated carbocycles. The molecule has 12 N–H and O–H groups in total. The molecule has 1 heterocycles. The number of carboxylic acids is 1. The normalized spacial score (nSPS) is 18.0. The van der Waals surface area contributed by atoms with Crippen LogP contribution < -0.4 is 33.6 Å². The Morgan fingerprint density at radius 3 is 2.31 bits per heavy atom. The summed E-state index contributed by atoms with van der Waals surface area (Å²) in [7, 11) is 0. The van der Waals surface area contributed by atoms with E-state index < -0.39 is 60.2 Å². The second kappa shape index (κ2) is 14.7. The molecule has 4 atom stereocenters. The third-order valence-corrected chi connectivity index (χ3v) is 5.50. The average molecular weight is 501 g/mol. The number of aliphatic carboxylic acids is 1. The number of carboxylic acid groups (broad SMARTS) is 1. The number of aliphatic hydroxyl groups is 1. The molecule has 0 aliphatic carbocycles. The van der Waals surface area contributed by atoms with Gasteiger partial charge in [0.05, 0.1) is 12.5 Å². The van der Waals surface area contributed by atoms with Crippen LogP contribution in [0.5, 0.6) is 0 Å². The molecule has 0 aromatic carbocycles. The summed E-state index contributed by atoms with van der Waals surface area (Å²) in [5.41, 5.74) is 21.4. The van der Waals surface area contributed by atoms with Crippen molar-refractivity contribution in [1.82, 2.24) is 15.5 Å². The van der Waals surface area contributed by atoms with Crippen molar-refractivity contribution < 1.29 is 34.2 Å². The molecule has 0 bridgehead atoms. The zero-order valence-electron chi connectivity index (χ0n) is 19.5. The summed E-state index contributed by atoms with van der Waals surface area (Å²) >= 11 is 0. The zero-order valence-corrected chi connectivity index (χ0v) is 19.5. The van der Waals surface area contributed by atoms with Crippen LogP contribution in [0, 0.1) is 5.92 Å². The van der Waals surface area contributed by atoms with E-state index in [1.165, 1.54) is 4.90 Å². The Morgan fingerprint density at radius 2 is 1.74 bits per heavy atom. The Morgan fingerprint density at radius 1 is 1.06 bits per heavy atom. The van der Waals surface area contributed by atoms with Crippen molar-refractivity contribution in [3.63, 3.8) is 0 Å². The van der Waals surface area contributed by atoms with Crippen LogP contribution in [-0.2, 0) is 24.0 Å². The van der Waals surface area contributed by atoms with E-state index in [-0.39, 0.29) is 38.3 Å². The SMILES string of the molecule is NC(=O)[C@H](CCC(=O)O)NC(=O)C1CCCN(C(=O)[C@H](CCCN=C(N)N)NC(=O)[C@@H](N)CO)C1. The highest BCUT2D eigenvalue weighted by atomic mass is 16.4. The number of hydrogen-bond acceptors (Lipinski definition) is 8. The molecule has 1 rings (SSSR count). The topological polar surface area (TPSA) is 270 Å². The summed E-state index contributed by atoms with van der Waals surface area (Å²) in [5, 5.41) is 22.9. The predicted octanol–water partition coefficient (Wildman–Crippen LogP) is -4.08. The predicted molar refractivity (Wildman–Crippen MR) is 124 cm³/mol. The molecule has 1 aliphatic heterocycles. The van der Waals surface area contributed by atoms with Crippen molar-refractivity contribution in [1.29, 1.82) is 0 Å². The van der Waals surface area contributed by atoms with Gasteiger partial charge in [-0.3, -0.25) is 29.0 Å². The van der Waals surface area contributed by atoms with Gasteiger partial charge in [0, 0.05) is 26.1 Å². The fraction of sp³-hybridized carbons (Fsp3) is 0.700. The summed E-state index contributed by atoms with van der Waals surface area (Å²) in [6, 6.07) is -3.34. The standard InChI is InChI=1S/C20H36N8O7/c21-12(10-29)18(34)27-14(4-1-7-25-20(23)24)19(35)28-8-2-3-11(9-28)17(33)26-13(16(22)32)5-6-15(30)31/h11-14,29H,1-10,21H2,(H2,22,32)(H,26,33)(H,27,34)(H,30,31)(H4,23,24,25)/t11?,12-,13-,14-/m0/s1.